The fraction of sp³-hybridized carbons (Fsp3) is 0.129. The molecule has 1 heterocycles. The Balaban J connectivity index is 0.000000233. The molecule has 0 radical (unpaired) electrons. The first-order chi connectivity index (χ1) is 20.1. The van der Waals surface area contributed by atoms with Crippen LogP contribution < -0.4 is 15.9 Å². The Labute approximate surface area is 265 Å². The van der Waals surface area contributed by atoms with Gasteiger partial charge in [-0.05, 0) is 60.5 Å². The van der Waals surface area contributed by atoms with Gasteiger partial charge in [-0.1, -0.05) is 72.8 Å². The Kier molecular flexibility index (Phi) is 12.3. The number of hydrogen-bond donors (Lipinski definition) is 1. The first kappa shape index (κ1) is 34.3. The van der Waals surface area contributed by atoms with Crippen LogP contribution in [0.25, 0.3) is 15.6 Å². The minimum atomic E-state index is -5.79. The van der Waals surface area contributed by atoms with Crippen molar-refractivity contribution in [2.24, 2.45) is 0 Å². The molecule has 0 aliphatic heterocycles. The van der Waals surface area contributed by atoms with Crippen LogP contribution in [0.1, 0.15) is 5.56 Å². The number of rotatable bonds is 8. The van der Waals surface area contributed by atoms with E-state index in [0.29, 0.717) is 16.5 Å². The molecule has 0 fully saturated rings. The molecule has 0 unspecified atom stereocenters. The van der Waals surface area contributed by atoms with E-state index in [-0.39, 0.29) is 28.8 Å². The van der Waals surface area contributed by atoms with E-state index in [2.05, 4.69) is 105 Å². The van der Waals surface area contributed by atoms with Crippen molar-refractivity contribution in [3.8, 4) is 0 Å². The Morgan fingerprint density at radius 1 is 0.814 bits per heavy atom. The summed E-state index contributed by atoms with van der Waals surface area (Å²) in [7, 11) is -5.73. The van der Waals surface area contributed by atoms with Gasteiger partial charge < -0.3 is 14.4 Å². The minimum Gasteiger partial charge on any atom is -0.529 e. The van der Waals surface area contributed by atoms with E-state index in [1.807, 2.05) is 0 Å². The summed E-state index contributed by atoms with van der Waals surface area (Å²) in [5.74, 6) is -1.16. The fourth-order valence-electron chi connectivity index (χ4n) is 4.35. The second-order valence-electron chi connectivity index (χ2n) is 9.10. The molecule has 1 atom stereocenters. The number of aromatic nitrogens is 1. The van der Waals surface area contributed by atoms with Gasteiger partial charge in [0.25, 0.3) is 5.97 Å². The van der Waals surface area contributed by atoms with Crippen molar-refractivity contribution in [1.82, 2.24) is 4.98 Å². The summed E-state index contributed by atoms with van der Waals surface area (Å²) in [6.45, 7) is 0. The van der Waals surface area contributed by atoms with Crippen LogP contribution in [0, 0.1) is 0 Å². The van der Waals surface area contributed by atoms with Gasteiger partial charge in [0.2, 0.25) is 0 Å². The molecular weight excluding hydrogens is 781 g/mol. The van der Waals surface area contributed by atoms with Crippen LogP contribution in [0.4, 0.5) is 13.2 Å². The molecular formula is C31H28AuF3N2O4PS+. The quantitative estimate of drug-likeness (QED) is 0.125. The van der Waals surface area contributed by atoms with E-state index in [9.17, 15) is 26.4 Å². The SMILES string of the molecule is COC(=O)[C@@H](Cc1c[nH]c2ccccc12)[N-]S(=O)(=O)C(F)(F)F.[Au+].c1ccc([PH+](c2ccccc2)c2ccccc2)cc1. The van der Waals surface area contributed by atoms with Crippen LogP contribution in [-0.2, 0) is 48.4 Å². The van der Waals surface area contributed by atoms with E-state index in [4.69, 9.17) is 0 Å². The molecule has 0 saturated carbocycles. The number of fused-ring (bicyclic) bond motifs is 1. The van der Waals surface area contributed by atoms with Gasteiger partial charge in [0, 0.05) is 17.1 Å². The summed E-state index contributed by atoms with van der Waals surface area (Å²) in [5, 5.41) is 4.96. The number of H-pyrrole nitrogens is 1. The Morgan fingerprint density at radius 2 is 1.26 bits per heavy atom. The number of hydrogen-bond acceptors (Lipinski definition) is 4. The molecule has 0 spiro atoms. The van der Waals surface area contributed by atoms with E-state index >= 15 is 0 Å². The second-order valence-corrected chi connectivity index (χ2v) is 13.2. The summed E-state index contributed by atoms with van der Waals surface area (Å²) in [6, 6.07) is 37.6. The average Bonchev–Trinajstić information content (AvgIpc) is 3.40. The van der Waals surface area contributed by atoms with E-state index < -0.39 is 35.5 Å². The maximum absolute atomic E-state index is 12.5. The number of nitrogens with one attached hydrogen (secondary N) is 1. The molecule has 0 amide bonds. The van der Waals surface area contributed by atoms with Crippen LogP contribution in [0.2, 0.25) is 0 Å². The maximum atomic E-state index is 12.5. The summed E-state index contributed by atoms with van der Waals surface area (Å²) in [4.78, 5) is 14.5. The number of halogens is 3. The van der Waals surface area contributed by atoms with Crippen LogP contribution in [-0.4, -0.2) is 38.0 Å². The van der Waals surface area contributed by atoms with Crippen molar-refractivity contribution in [3.05, 3.63) is 132 Å². The summed E-state index contributed by atoms with van der Waals surface area (Å²) in [5.41, 5.74) is -4.42. The van der Waals surface area contributed by atoms with Crippen molar-refractivity contribution in [2.45, 2.75) is 18.0 Å². The van der Waals surface area contributed by atoms with Gasteiger partial charge in [-0.15, -0.1) is 0 Å². The predicted octanol–water partition coefficient (Wildman–Crippen LogP) is 5.65. The van der Waals surface area contributed by atoms with Gasteiger partial charge in [-0.3, -0.25) is 4.79 Å². The molecule has 12 heteroatoms. The van der Waals surface area contributed by atoms with Gasteiger partial charge in [0.05, 0.1) is 15.0 Å². The van der Waals surface area contributed by atoms with Crippen LogP contribution in [0.15, 0.2) is 121 Å². The molecule has 5 rings (SSSR count). The molecule has 0 saturated heterocycles. The Bertz CT molecular complexity index is 1610. The van der Waals surface area contributed by atoms with Gasteiger partial charge in [-0.2, -0.15) is 13.2 Å². The van der Waals surface area contributed by atoms with Crippen molar-refractivity contribution in [1.29, 1.82) is 0 Å². The molecule has 43 heavy (non-hydrogen) atoms. The zero-order chi connectivity index (χ0) is 30.2. The second kappa shape index (κ2) is 15.5. The average molecular weight is 810 g/mol. The monoisotopic (exact) mass is 809 g/mol. The van der Waals surface area contributed by atoms with Crippen LogP contribution in [0.3, 0.4) is 0 Å². The third-order valence-corrected chi connectivity index (χ3v) is 10.2. The molecule has 5 aromatic rings. The number of benzene rings is 4. The number of ether oxygens (including phenoxy) is 1. The van der Waals surface area contributed by atoms with Crippen LogP contribution in [0.5, 0.6) is 0 Å². The standard InChI is InChI=1S/C18H15P.C13H12F3N2O4S.Au/c1-4-10-16(11-5-1)19(17-12-6-2-7-13-17)18-14-8-3-9-15-18;1-22-12(19)11(18-23(20,21)13(14,15)16)6-8-7-17-10-5-3-2-4-9(8)10;/h1-15H;2-5,7,11,17H,6H2,1H3;/q;-1;+1/p+1/t;11-;/m.1./s1. The third-order valence-electron chi connectivity index (χ3n) is 6.31. The van der Waals surface area contributed by atoms with Gasteiger partial charge in [-0.25, -0.2) is 8.42 Å². The van der Waals surface area contributed by atoms with E-state index in [1.54, 1.807) is 24.3 Å². The molecule has 0 aliphatic rings. The number of methoxy groups -OCH3 is 1. The first-order valence-corrected chi connectivity index (χ1v) is 15.7. The first-order valence-electron chi connectivity index (χ1n) is 12.8. The largest absolute Gasteiger partial charge is 1.00 e. The van der Waals surface area contributed by atoms with E-state index in [0.717, 1.165) is 7.11 Å². The van der Waals surface area contributed by atoms with Gasteiger partial charge >= 0.3 is 27.9 Å². The smallest absolute Gasteiger partial charge is 0.529 e. The van der Waals surface area contributed by atoms with Gasteiger partial charge in [0.15, 0.2) is 10.0 Å². The third kappa shape index (κ3) is 8.89. The van der Waals surface area contributed by atoms with Crippen molar-refractivity contribution < 1.29 is 53.5 Å². The molecule has 228 valence electrons. The number of esters is 1. The van der Waals surface area contributed by atoms with Crippen LogP contribution >= 0.6 is 7.92 Å². The maximum Gasteiger partial charge on any atom is 1.00 e. The number of carbonyl (C=O) groups is 1. The number of sulfonamides is 1. The molecule has 4 aromatic carbocycles. The zero-order valence-corrected chi connectivity index (χ0v) is 26.7. The van der Waals surface area contributed by atoms with Crippen molar-refractivity contribution in [3.63, 3.8) is 0 Å². The number of aromatic amines is 1. The minimum absolute atomic E-state index is 0. The zero-order valence-electron chi connectivity index (χ0n) is 22.8. The number of carbonyl (C=O) groups excluding carboxylic acids is 1. The normalized spacial score (nSPS) is 12.1. The molecule has 1 N–H and O–H groups in total. The molecule has 0 aliphatic carbocycles. The Morgan fingerprint density at radius 3 is 1.70 bits per heavy atom. The summed E-state index contributed by atoms with van der Waals surface area (Å²) >= 11 is 0. The molecule has 6 nitrogen and oxygen atoms in total. The number of alkyl halides is 3. The fourth-order valence-corrected chi connectivity index (χ4v) is 7.54. The molecule has 0 bridgehead atoms. The molecule has 1 aromatic heterocycles. The van der Waals surface area contributed by atoms with Gasteiger partial charge in [0.1, 0.15) is 15.9 Å². The van der Waals surface area contributed by atoms with E-state index in [1.165, 1.54) is 22.1 Å². The summed E-state index contributed by atoms with van der Waals surface area (Å²) < 4.78 is 66.7. The number of para-hydroxylation sites is 1. The topological polar surface area (TPSA) is 90.3 Å². The predicted molar refractivity (Wildman–Crippen MR) is 163 cm³/mol. The van der Waals surface area contributed by atoms with Crippen molar-refractivity contribution >= 4 is 50.7 Å². The van der Waals surface area contributed by atoms with Crippen molar-refractivity contribution in [2.75, 3.05) is 7.11 Å². The summed E-state index contributed by atoms with van der Waals surface area (Å²) in [6.07, 6.45) is 1.14. The number of nitrogens with zero attached hydrogens (tertiary/aromatic N) is 1. The Hall–Kier alpha value is -3.24.